The first-order chi connectivity index (χ1) is 9.32. The van der Waals surface area contributed by atoms with Gasteiger partial charge in [0.2, 0.25) is 0 Å². The molecule has 110 valence electrons. The molecule has 1 aromatic rings. The number of carboxylic acid groups (broad SMARTS) is 1. The Kier molecular flexibility index (Phi) is 5.52. The van der Waals surface area contributed by atoms with Gasteiger partial charge in [-0.1, -0.05) is 24.3 Å². The molecule has 0 saturated carbocycles. The van der Waals surface area contributed by atoms with E-state index in [0.29, 0.717) is 6.54 Å². The molecule has 0 fully saturated rings. The Bertz CT molecular complexity index is 488. The quantitative estimate of drug-likeness (QED) is 0.749. The summed E-state index contributed by atoms with van der Waals surface area (Å²) in [6.45, 7) is 3.63. The number of urea groups is 1. The molecule has 1 aromatic carbocycles. The van der Waals surface area contributed by atoms with Gasteiger partial charge >= 0.3 is 12.0 Å². The number of carboxylic acids is 1. The Hall–Kier alpha value is -2.08. The number of amides is 2. The number of aliphatic hydroxyl groups excluding tert-OH is 1. The van der Waals surface area contributed by atoms with Crippen molar-refractivity contribution in [2.45, 2.75) is 32.5 Å². The lowest BCUT2D eigenvalue weighted by Gasteiger charge is -2.23. The SMILES string of the molecule is Cc1ccccc1CN(C)C(=O)NC(C(=O)O)C(C)O. The standard InChI is InChI=1S/C14H20N2O4/c1-9-6-4-5-7-11(9)8-16(3)14(20)15-12(10(2)17)13(18)19/h4-7,10,12,17H,8H2,1-3H3,(H,15,20)(H,18,19). The van der Waals surface area contributed by atoms with Gasteiger partial charge in [0.25, 0.3) is 0 Å². The zero-order valence-electron chi connectivity index (χ0n) is 11.8. The van der Waals surface area contributed by atoms with Crippen LogP contribution in [0.4, 0.5) is 4.79 Å². The van der Waals surface area contributed by atoms with Crippen LogP contribution in [0, 0.1) is 6.92 Å². The highest BCUT2D eigenvalue weighted by molar-refractivity contribution is 5.82. The molecular weight excluding hydrogens is 260 g/mol. The third-order valence-corrected chi connectivity index (χ3v) is 3.04. The van der Waals surface area contributed by atoms with Crippen LogP contribution in [0.5, 0.6) is 0 Å². The minimum absolute atomic E-state index is 0.366. The van der Waals surface area contributed by atoms with E-state index in [2.05, 4.69) is 5.32 Å². The second-order valence-corrected chi connectivity index (χ2v) is 4.79. The van der Waals surface area contributed by atoms with E-state index in [1.54, 1.807) is 7.05 Å². The lowest BCUT2D eigenvalue weighted by atomic mass is 10.1. The summed E-state index contributed by atoms with van der Waals surface area (Å²) < 4.78 is 0. The van der Waals surface area contributed by atoms with E-state index in [1.165, 1.54) is 11.8 Å². The zero-order chi connectivity index (χ0) is 15.3. The van der Waals surface area contributed by atoms with Gasteiger partial charge < -0.3 is 20.4 Å². The molecule has 0 aliphatic rings. The van der Waals surface area contributed by atoms with Gasteiger partial charge in [-0.25, -0.2) is 9.59 Å². The van der Waals surface area contributed by atoms with Crippen molar-refractivity contribution in [2.75, 3.05) is 7.05 Å². The topological polar surface area (TPSA) is 89.9 Å². The molecule has 6 heteroatoms. The van der Waals surface area contributed by atoms with Crippen LogP contribution in [0.3, 0.4) is 0 Å². The van der Waals surface area contributed by atoms with Crippen LogP contribution in [0.25, 0.3) is 0 Å². The fourth-order valence-corrected chi connectivity index (χ4v) is 1.75. The summed E-state index contributed by atoms with van der Waals surface area (Å²) >= 11 is 0. The molecule has 6 nitrogen and oxygen atoms in total. The summed E-state index contributed by atoms with van der Waals surface area (Å²) in [5, 5.41) is 20.5. The number of aliphatic carboxylic acids is 1. The van der Waals surface area contributed by atoms with Crippen molar-refractivity contribution >= 4 is 12.0 Å². The van der Waals surface area contributed by atoms with Crippen molar-refractivity contribution in [1.29, 1.82) is 0 Å². The van der Waals surface area contributed by atoms with Crippen molar-refractivity contribution in [3.05, 3.63) is 35.4 Å². The lowest BCUT2D eigenvalue weighted by molar-refractivity contribution is -0.141. The Balaban J connectivity index is 2.68. The fourth-order valence-electron chi connectivity index (χ4n) is 1.75. The normalized spacial score (nSPS) is 13.4. The van der Waals surface area contributed by atoms with Gasteiger partial charge in [-0.05, 0) is 25.0 Å². The average Bonchev–Trinajstić information content (AvgIpc) is 2.37. The number of aryl methyl sites for hydroxylation is 1. The van der Waals surface area contributed by atoms with Crippen LogP contribution < -0.4 is 5.32 Å². The largest absolute Gasteiger partial charge is 0.480 e. The van der Waals surface area contributed by atoms with Crippen molar-refractivity contribution in [3.8, 4) is 0 Å². The van der Waals surface area contributed by atoms with Crippen LogP contribution in [0.15, 0.2) is 24.3 Å². The molecule has 0 spiro atoms. The van der Waals surface area contributed by atoms with Crippen LogP contribution in [0.2, 0.25) is 0 Å². The van der Waals surface area contributed by atoms with Gasteiger partial charge in [0.1, 0.15) is 0 Å². The molecule has 0 aliphatic heterocycles. The van der Waals surface area contributed by atoms with E-state index in [0.717, 1.165) is 11.1 Å². The van der Waals surface area contributed by atoms with E-state index in [1.807, 2.05) is 31.2 Å². The molecule has 1 rings (SSSR count). The minimum Gasteiger partial charge on any atom is -0.480 e. The van der Waals surface area contributed by atoms with Gasteiger partial charge in [-0.3, -0.25) is 0 Å². The Morgan fingerprint density at radius 1 is 1.35 bits per heavy atom. The molecule has 2 atom stereocenters. The molecular formula is C14H20N2O4. The third kappa shape index (κ3) is 4.24. The molecule has 2 unspecified atom stereocenters. The van der Waals surface area contributed by atoms with E-state index < -0.39 is 24.1 Å². The van der Waals surface area contributed by atoms with E-state index in [9.17, 15) is 14.7 Å². The Morgan fingerprint density at radius 2 is 1.95 bits per heavy atom. The highest BCUT2D eigenvalue weighted by Crippen LogP contribution is 2.09. The number of benzene rings is 1. The first-order valence-corrected chi connectivity index (χ1v) is 6.30. The molecule has 0 heterocycles. The molecule has 0 saturated heterocycles. The summed E-state index contributed by atoms with van der Waals surface area (Å²) in [5.74, 6) is -1.27. The highest BCUT2D eigenvalue weighted by atomic mass is 16.4. The maximum absolute atomic E-state index is 11.9. The number of nitrogens with one attached hydrogen (secondary N) is 1. The van der Waals surface area contributed by atoms with Crippen molar-refractivity contribution in [1.82, 2.24) is 10.2 Å². The first-order valence-electron chi connectivity index (χ1n) is 6.30. The van der Waals surface area contributed by atoms with Gasteiger partial charge in [0.15, 0.2) is 6.04 Å². The fraction of sp³-hybridized carbons (Fsp3) is 0.429. The van der Waals surface area contributed by atoms with Crippen LogP contribution in [0.1, 0.15) is 18.1 Å². The number of carbonyl (C=O) groups is 2. The van der Waals surface area contributed by atoms with E-state index in [4.69, 9.17) is 5.11 Å². The van der Waals surface area contributed by atoms with Crippen LogP contribution in [-0.2, 0) is 11.3 Å². The number of carbonyl (C=O) groups excluding carboxylic acids is 1. The molecule has 0 aromatic heterocycles. The Labute approximate surface area is 118 Å². The molecule has 2 amide bonds. The maximum Gasteiger partial charge on any atom is 0.328 e. The van der Waals surface area contributed by atoms with E-state index >= 15 is 0 Å². The van der Waals surface area contributed by atoms with Crippen LogP contribution >= 0.6 is 0 Å². The predicted molar refractivity (Wildman–Crippen MR) is 74.3 cm³/mol. The molecule has 20 heavy (non-hydrogen) atoms. The number of rotatable bonds is 5. The van der Waals surface area contributed by atoms with Crippen molar-refractivity contribution in [2.24, 2.45) is 0 Å². The van der Waals surface area contributed by atoms with E-state index in [-0.39, 0.29) is 0 Å². The maximum atomic E-state index is 11.9. The van der Waals surface area contributed by atoms with Crippen molar-refractivity contribution in [3.63, 3.8) is 0 Å². The number of nitrogens with zero attached hydrogens (tertiary/aromatic N) is 1. The summed E-state index contributed by atoms with van der Waals surface area (Å²) in [7, 11) is 1.57. The van der Waals surface area contributed by atoms with Gasteiger partial charge in [0.05, 0.1) is 6.10 Å². The molecule has 3 N–H and O–H groups in total. The second kappa shape index (κ2) is 6.91. The van der Waals surface area contributed by atoms with Gasteiger partial charge in [0, 0.05) is 13.6 Å². The highest BCUT2D eigenvalue weighted by Gasteiger charge is 2.26. The Morgan fingerprint density at radius 3 is 2.45 bits per heavy atom. The average molecular weight is 280 g/mol. The number of aliphatic hydroxyl groups is 1. The molecule has 0 bridgehead atoms. The van der Waals surface area contributed by atoms with Crippen molar-refractivity contribution < 1.29 is 19.8 Å². The second-order valence-electron chi connectivity index (χ2n) is 4.79. The molecule has 0 radical (unpaired) electrons. The summed E-state index contributed by atoms with van der Waals surface area (Å²) in [6, 6.07) is 5.78. The summed E-state index contributed by atoms with van der Waals surface area (Å²) in [6.07, 6.45) is -1.16. The third-order valence-electron chi connectivity index (χ3n) is 3.04. The van der Waals surface area contributed by atoms with Gasteiger partial charge in [-0.15, -0.1) is 0 Å². The minimum atomic E-state index is -1.32. The van der Waals surface area contributed by atoms with Crippen LogP contribution in [-0.4, -0.2) is 46.3 Å². The summed E-state index contributed by atoms with van der Waals surface area (Å²) in [5.41, 5.74) is 2.03. The smallest absolute Gasteiger partial charge is 0.328 e. The van der Waals surface area contributed by atoms with Gasteiger partial charge in [-0.2, -0.15) is 0 Å². The molecule has 0 aliphatic carbocycles. The lowest BCUT2D eigenvalue weighted by Crippen LogP contribution is -2.51. The number of hydrogen-bond donors (Lipinski definition) is 3. The zero-order valence-corrected chi connectivity index (χ0v) is 11.8. The number of hydrogen-bond acceptors (Lipinski definition) is 3. The summed E-state index contributed by atoms with van der Waals surface area (Å²) in [4.78, 5) is 24.2. The first kappa shape index (κ1) is 16.0. The monoisotopic (exact) mass is 280 g/mol. The predicted octanol–water partition coefficient (Wildman–Crippen LogP) is 0.970.